The summed E-state index contributed by atoms with van der Waals surface area (Å²) in [7, 11) is -3.27. The number of ether oxygens (including phenoxy) is 1. The van der Waals surface area contributed by atoms with Crippen molar-refractivity contribution < 1.29 is 17.9 Å². The predicted molar refractivity (Wildman–Crippen MR) is 64.5 cm³/mol. The number of aryl methyl sites for hydroxylation is 1. The van der Waals surface area contributed by atoms with Gasteiger partial charge in [-0.1, -0.05) is 17.7 Å². The van der Waals surface area contributed by atoms with Crippen molar-refractivity contribution in [3.05, 3.63) is 29.8 Å². The van der Waals surface area contributed by atoms with Gasteiger partial charge in [-0.25, -0.2) is 8.42 Å². The molecule has 0 saturated heterocycles. The molecule has 1 aromatic carbocycles. The van der Waals surface area contributed by atoms with Gasteiger partial charge in [0.2, 0.25) is 0 Å². The van der Waals surface area contributed by atoms with Crippen molar-refractivity contribution in [3.63, 3.8) is 0 Å². The Balaban J connectivity index is 2.57. The van der Waals surface area contributed by atoms with E-state index < -0.39 is 15.8 Å². The Morgan fingerprint density at radius 2 is 1.82 bits per heavy atom. The third-order valence-corrected chi connectivity index (χ3v) is 4.06. The largest absolute Gasteiger partial charge is 0.466 e. The van der Waals surface area contributed by atoms with Crippen LogP contribution in [0.15, 0.2) is 29.2 Å². The summed E-state index contributed by atoms with van der Waals surface area (Å²) in [6, 6.07) is 6.71. The second-order valence-corrected chi connectivity index (χ2v) is 5.93. The van der Waals surface area contributed by atoms with Crippen molar-refractivity contribution in [2.24, 2.45) is 0 Å². The van der Waals surface area contributed by atoms with E-state index in [1.165, 1.54) is 6.92 Å². The van der Waals surface area contributed by atoms with Crippen LogP contribution in [-0.4, -0.2) is 26.7 Å². The van der Waals surface area contributed by atoms with Crippen LogP contribution in [0.1, 0.15) is 18.9 Å². The number of benzene rings is 1. The van der Waals surface area contributed by atoms with Gasteiger partial charge in [0, 0.05) is 6.92 Å². The molecular weight excluding hydrogens is 240 g/mol. The SMILES string of the molecule is CC(=O)OCCCS(=O)(=O)c1ccc(C)cc1. The van der Waals surface area contributed by atoms with Crippen LogP contribution < -0.4 is 0 Å². The normalized spacial score (nSPS) is 11.2. The van der Waals surface area contributed by atoms with Gasteiger partial charge in [-0.15, -0.1) is 0 Å². The number of sulfone groups is 1. The minimum atomic E-state index is -3.27. The summed E-state index contributed by atoms with van der Waals surface area (Å²) >= 11 is 0. The van der Waals surface area contributed by atoms with Gasteiger partial charge in [-0.2, -0.15) is 0 Å². The average molecular weight is 256 g/mol. The topological polar surface area (TPSA) is 60.4 Å². The molecule has 1 rings (SSSR count). The summed E-state index contributed by atoms with van der Waals surface area (Å²) in [5.41, 5.74) is 1.02. The van der Waals surface area contributed by atoms with Crippen LogP contribution in [0.4, 0.5) is 0 Å². The predicted octanol–water partition coefficient (Wildman–Crippen LogP) is 1.72. The summed E-state index contributed by atoms with van der Waals surface area (Å²) in [4.78, 5) is 10.8. The molecule has 0 radical (unpaired) electrons. The Kier molecular flexibility index (Phi) is 4.69. The summed E-state index contributed by atoms with van der Waals surface area (Å²) in [6.07, 6.45) is 0.315. The van der Waals surface area contributed by atoms with Crippen molar-refractivity contribution in [2.75, 3.05) is 12.4 Å². The first-order valence-electron chi connectivity index (χ1n) is 5.34. The fraction of sp³-hybridized carbons (Fsp3) is 0.417. The highest BCUT2D eigenvalue weighted by Gasteiger charge is 2.13. The number of hydrogen-bond acceptors (Lipinski definition) is 4. The summed E-state index contributed by atoms with van der Waals surface area (Å²) in [5.74, 6) is -0.402. The van der Waals surface area contributed by atoms with E-state index in [1.54, 1.807) is 24.3 Å². The van der Waals surface area contributed by atoms with Crippen LogP contribution in [0.3, 0.4) is 0 Å². The minimum absolute atomic E-state index is 0.0106. The van der Waals surface area contributed by atoms with E-state index in [9.17, 15) is 13.2 Å². The Bertz CT molecular complexity index is 474. The molecule has 0 aromatic heterocycles. The van der Waals surface area contributed by atoms with Crippen molar-refractivity contribution in [2.45, 2.75) is 25.2 Å². The second kappa shape index (κ2) is 5.82. The molecule has 94 valence electrons. The average Bonchev–Trinajstić information content (AvgIpc) is 2.25. The molecule has 0 atom stereocenters. The van der Waals surface area contributed by atoms with Crippen molar-refractivity contribution in [1.29, 1.82) is 0 Å². The van der Waals surface area contributed by atoms with E-state index in [0.717, 1.165) is 5.56 Å². The van der Waals surface area contributed by atoms with Gasteiger partial charge < -0.3 is 4.74 Å². The van der Waals surface area contributed by atoms with Crippen LogP contribution in [-0.2, 0) is 19.4 Å². The van der Waals surface area contributed by atoms with Gasteiger partial charge >= 0.3 is 5.97 Å². The first kappa shape index (κ1) is 13.7. The molecule has 1 aromatic rings. The third-order valence-electron chi connectivity index (χ3n) is 2.24. The maximum atomic E-state index is 11.8. The number of esters is 1. The highest BCUT2D eigenvalue weighted by Crippen LogP contribution is 2.12. The molecule has 0 aliphatic carbocycles. The summed E-state index contributed by atoms with van der Waals surface area (Å²) < 4.78 is 28.4. The van der Waals surface area contributed by atoms with Crippen LogP contribution in [0.5, 0.6) is 0 Å². The van der Waals surface area contributed by atoms with Crippen LogP contribution in [0.25, 0.3) is 0 Å². The van der Waals surface area contributed by atoms with E-state index in [-0.39, 0.29) is 12.4 Å². The molecule has 0 bridgehead atoms. The van der Waals surface area contributed by atoms with E-state index in [0.29, 0.717) is 11.3 Å². The summed E-state index contributed by atoms with van der Waals surface area (Å²) in [5, 5.41) is 0. The lowest BCUT2D eigenvalue weighted by Gasteiger charge is -2.05. The highest BCUT2D eigenvalue weighted by molar-refractivity contribution is 7.91. The molecule has 0 aliphatic rings. The molecule has 17 heavy (non-hydrogen) atoms. The third kappa shape index (κ3) is 4.56. The van der Waals surface area contributed by atoms with E-state index >= 15 is 0 Å². The van der Waals surface area contributed by atoms with Gasteiger partial charge in [0.1, 0.15) is 0 Å². The molecular formula is C12H16O4S. The Morgan fingerprint density at radius 1 is 1.24 bits per heavy atom. The first-order valence-corrected chi connectivity index (χ1v) is 7.00. The monoisotopic (exact) mass is 256 g/mol. The second-order valence-electron chi connectivity index (χ2n) is 3.83. The molecule has 0 heterocycles. The lowest BCUT2D eigenvalue weighted by atomic mass is 10.2. The van der Waals surface area contributed by atoms with Gasteiger partial charge in [0.25, 0.3) is 0 Å². The van der Waals surface area contributed by atoms with E-state index in [4.69, 9.17) is 0 Å². The van der Waals surface area contributed by atoms with Crippen molar-refractivity contribution in [3.8, 4) is 0 Å². The van der Waals surface area contributed by atoms with Gasteiger partial charge in [0.15, 0.2) is 9.84 Å². The van der Waals surface area contributed by atoms with Gasteiger partial charge in [-0.3, -0.25) is 4.79 Å². The fourth-order valence-corrected chi connectivity index (χ4v) is 2.61. The number of carbonyl (C=O) groups excluding carboxylic acids is 1. The van der Waals surface area contributed by atoms with Crippen molar-refractivity contribution in [1.82, 2.24) is 0 Å². The number of hydrogen-bond donors (Lipinski definition) is 0. The Hall–Kier alpha value is -1.36. The minimum Gasteiger partial charge on any atom is -0.466 e. The highest BCUT2D eigenvalue weighted by atomic mass is 32.2. The van der Waals surface area contributed by atoms with Crippen molar-refractivity contribution >= 4 is 15.8 Å². The molecule has 4 nitrogen and oxygen atoms in total. The van der Waals surface area contributed by atoms with Gasteiger partial charge in [-0.05, 0) is 25.5 Å². The molecule has 0 fully saturated rings. The molecule has 0 spiro atoms. The Morgan fingerprint density at radius 3 is 2.35 bits per heavy atom. The molecule has 0 unspecified atom stereocenters. The lowest BCUT2D eigenvalue weighted by molar-refractivity contribution is -0.140. The van der Waals surface area contributed by atoms with Crippen LogP contribution >= 0.6 is 0 Å². The molecule has 0 amide bonds. The van der Waals surface area contributed by atoms with E-state index in [1.807, 2.05) is 6.92 Å². The smallest absolute Gasteiger partial charge is 0.302 e. The van der Waals surface area contributed by atoms with Crippen LogP contribution in [0, 0.1) is 6.92 Å². The fourth-order valence-electron chi connectivity index (χ4n) is 1.33. The van der Waals surface area contributed by atoms with Gasteiger partial charge in [0.05, 0.1) is 17.3 Å². The Labute approximate surface area is 102 Å². The van der Waals surface area contributed by atoms with E-state index in [2.05, 4.69) is 4.74 Å². The zero-order valence-corrected chi connectivity index (χ0v) is 10.8. The number of rotatable bonds is 5. The quantitative estimate of drug-likeness (QED) is 0.594. The molecule has 0 N–H and O–H groups in total. The standard InChI is InChI=1S/C12H16O4S/c1-10-4-6-12(7-5-10)17(14,15)9-3-8-16-11(2)13/h4-7H,3,8-9H2,1-2H3. The molecule has 0 saturated carbocycles. The maximum absolute atomic E-state index is 11.8. The summed E-state index contributed by atoms with van der Waals surface area (Å²) in [6.45, 7) is 3.34. The lowest BCUT2D eigenvalue weighted by Crippen LogP contribution is -2.10. The molecule has 0 aliphatic heterocycles. The molecule has 5 heteroatoms. The zero-order chi connectivity index (χ0) is 12.9. The van der Waals surface area contributed by atoms with Crippen LogP contribution in [0.2, 0.25) is 0 Å². The maximum Gasteiger partial charge on any atom is 0.302 e. The zero-order valence-electron chi connectivity index (χ0n) is 9.97. The first-order chi connectivity index (χ1) is 7.92. The number of carbonyl (C=O) groups is 1.